The topological polar surface area (TPSA) is 88.1 Å². The molecule has 2 aromatic heterocycles. The zero-order valence-corrected chi connectivity index (χ0v) is 14.1. The van der Waals surface area contributed by atoms with E-state index in [1.165, 1.54) is 0 Å². The average Bonchev–Trinajstić information content (AvgIpc) is 3.26. The van der Waals surface area contributed by atoms with Crippen LogP contribution in [0.4, 0.5) is 5.88 Å². The zero-order valence-electron chi connectivity index (χ0n) is 12.6. The van der Waals surface area contributed by atoms with E-state index in [9.17, 15) is 4.79 Å². The summed E-state index contributed by atoms with van der Waals surface area (Å²) >= 11 is 12.0. The molecule has 1 fully saturated rings. The number of carbonyl (C=O) groups excluding carboxylic acids is 1. The lowest BCUT2D eigenvalue weighted by Gasteiger charge is -2.14. The number of nitrogens with zero attached hydrogens (tertiary/aromatic N) is 2. The van der Waals surface area contributed by atoms with Crippen molar-refractivity contribution < 1.29 is 9.32 Å². The van der Waals surface area contributed by atoms with Crippen LogP contribution < -0.4 is 5.73 Å². The molecule has 24 heavy (non-hydrogen) atoms. The summed E-state index contributed by atoms with van der Waals surface area (Å²) < 4.78 is 4.91. The number of nitrogens with two attached hydrogens (primary N) is 1. The van der Waals surface area contributed by atoms with E-state index >= 15 is 0 Å². The number of hydrogen-bond acceptors (Lipinski definition) is 4. The lowest BCUT2D eigenvalue weighted by atomic mass is 10.1. The molecule has 0 saturated carbocycles. The number of amides is 1. The molecular weight excluding hydrogens is 351 g/mol. The predicted octanol–water partition coefficient (Wildman–Crippen LogP) is 3.67. The first-order chi connectivity index (χ1) is 11.5. The van der Waals surface area contributed by atoms with Gasteiger partial charge in [-0.1, -0.05) is 28.4 Å². The normalized spacial score (nSPS) is 17.8. The van der Waals surface area contributed by atoms with Gasteiger partial charge >= 0.3 is 0 Å². The Labute approximate surface area is 147 Å². The highest BCUT2D eigenvalue weighted by atomic mass is 35.5. The Morgan fingerprint density at radius 3 is 2.83 bits per heavy atom. The maximum atomic E-state index is 12.7. The van der Waals surface area contributed by atoms with Gasteiger partial charge in [-0.05, 0) is 24.6 Å². The van der Waals surface area contributed by atoms with Crippen LogP contribution in [0.3, 0.4) is 0 Å². The Balaban J connectivity index is 1.56. The molecule has 1 unspecified atom stereocenters. The standard InChI is InChI=1S/C16H14Cl2N4O2/c17-10-3-9-4-14(20-12(9)5-11(10)18)16(23)22-2-1-8(7-22)13-6-15(19)24-21-13/h3-6,8,20H,1-2,7,19H2. The van der Waals surface area contributed by atoms with E-state index in [1.807, 2.05) is 0 Å². The van der Waals surface area contributed by atoms with Crippen LogP contribution in [0.2, 0.25) is 10.0 Å². The zero-order chi connectivity index (χ0) is 16.8. The van der Waals surface area contributed by atoms with Crippen molar-refractivity contribution in [2.75, 3.05) is 18.8 Å². The minimum Gasteiger partial charge on any atom is -0.368 e. The van der Waals surface area contributed by atoms with Gasteiger partial charge in [0.2, 0.25) is 5.88 Å². The van der Waals surface area contributed by atoms with Gasteiger partial charge in [-0.2, -0.15) is 0 Å². The summed E-state index contributed by atoms with van der Waals surface area (Å²) in [6, 6.07) is 6.98. The minimum atomic E-state index is -0.0580. The van der Waals surface area contributed by atoms with E-state index in [0.29, 0.717) is 34.7 Å². The number of aromatic amines is 1. The van der Waals surface area contributed by atoms with Crippen LogP contribution in [0.5, 0.6) is 0 Å². The SMILES string of the molecule is Nc1cc(C2CCN(C(=O)c3cc4cc(Cl)c(Cl)cc4[nH]3)C2)no1. The van der Waals surface area contributed by atoms with Gasteiger partial charge in [0.1, 0.15) is 5.69 Å². The lowest BCUT2D eigenvalue weighted by molar-refractivity contribution is 0.0785. The van der Waals surface area contributed by atoms with Crippen molar-refractivity contribution in [1.29, 1.82) is 0 Å². The van der Waals surface area contributed by atoms with E-state index < -0.39 is 0 Å². The number of aromatic nitrogens is 2. The number of nitrogens with one attached hydrogen (secondary N) is 1. The number of likely N-dealkylation sites (tertiary alicyclic amines) is 1. The second-order valence-corrected chi connectivity index (χ2v) is 6.74. The van der Waals surface area contributed by atoms with E-state index in [4.69, 9.17) is 33.5 Å². The number of anilines is 1. The van der Waals surface area contributed by atoms with Crippen molar-refractivity contribution in [1.82, 2.24) is 15.0 Å². The maximum absolute atomic E-state index is 12.7. The first kappa shape index (κ1) is 15.4. The molecule has 3 N–H and O–H groups in total. The molecule has 0 aliphatic carbocycles. The highest BCUT2D eigenvalue weighted by molar-refractivity contribution is 6.42. The third-order valence-corrected chi connectivity index (χ3v) is 5.05. The van der Waals surface area contributed by atoms with Gasteiger partial charge in [0.05, 0.1) is 15.7 Å². The Hall–Kier alpha value is -2.18. The fraction of sp³-hybridized carbons (Fsp3) is 0.250. The second-order valence-electron chi connectivity index (χ2n) is 5.93. The summed E-state index contributed by atoms with van der Waals surface area (Å²) in [5.74, 6) is 0.375. The number of fused-ring (bicyclic) bond motifs is 1. The highest BCUT2D eigenvalue weighted by Crippen LogP contribution is 2.31. The molecule has 8 heteroatoms. The van der Waals surface area contributed by atoms with E-state index in [2.05, 4.69) is 10.1 Å². The highest BCUT2D eigenvalue weighted by Gasteiger charge is 2.30. The van der Waals surface area contributed by atoms with Gasteiger partial charge in [0.15, 0.2) is 0 Å². The van der Waals surface area contributed by atoms with Gasteiger partial charge < -0.3 is 20.1 Å². The first-order valence-corrected chi connectivity index (χ1v) is 8.26. The Morgan fingerprint density at radius 2 is 2.08 bits per heavy atom. The van der Waals surface area contributed by atoms with Gasteiger partial charge in [-0.25, -0.2) is 0 Å². The first-order valence-electron chi connectivity index (χ1n) is 7.50. The molecule has 1 aliphatic rings. The van der Waals surface area contributed by atoms with Crippen LogP contribution in [0, 0.1) is 0 Å². The Kier molecular flexibility index (Phi) is 3.66. The summed E-state index contributed by atoms with van der Waals surface area (Å²) in [4.78, 5) is 17.6. The molecule has 3 heterocycles. The summed E-state index contributed by atoms with van der Waals surface area (Å²) in [5.41, 5.74) is 7.65. The molecule has 0 radical (unpaired) electrons. The van der Waals surface area contributed by atoms with Gasteiger partial charge in [-0.3, -0.25) is 4.79 Å². The van der Waals surface area contributed by atoms with Crippen LogP contribution in [-0.4, -0.2) is 34.0 Å². The fourth-order valence-electron chi connectivity index (χ4n) is 3.09. The summed E-state index contributed by atoms with van der Waals surface area (Å²) in [7, 11) is 0. The van der Waals surface area contributed by atoms with Gasteiger partial charge in [-0.15, -0.1) is 0 Å². The van der Waals surface area contributed by atoms with Crippen LogP contribution in [0.15, 0.2) is 28.8 Å². The Morgan fingerprint density at radius 1 is 1.29 bits per heavy atom. The summed E-state index contributed by atoms with van der Waals surface area (Å²) in [5, 5.41) is 5.72. The molecule has 124 valence electrons. The van der Waals surface area contributed by atoms with E-state index in [0.717, 1.165) is 23.0 Å². The van der Waals surface area contributed by atoms with Crippen molar-refractivity contribution in [2.24, 2.45) is 0 Å². The molecule has 1 atom stereocenters. The van der Waals surface area contributed by atoms with Crippen LogP contribution >= 0.6 is 23.2 Å². The van der Waals surface area contributed by atoms with Crippen molar-refractivity contribution in [3.8, 4) is 0 Å². The van der Waals surface area contributed by atoms with Crippen molar-refractivity contribution in [3.63, 3.8) is 0 Å². The molecule has 6 nitrogen and oxygen atoms in total. The number of nitrogen functional groups attached to an aromatic ring is 1. The van der Waals surface area contributed by atoms with Crippen LogP contribution in [-0.2, 0) is 0 Å². The monoisotopic (exact) mass is 364 g/mol. The maximum Gasteiger partial charge on any atom is 0.270 e. The molecule has 1 amide bonds. The number of rotatable bonds is 2. The van der Waals surface area contributed by atoms with E-state index in [-0.39, 0.29) is 11.8 Å². The second kappa shape index (κ2) is 5.72. The molecule has 1 saturated heterocycles. The van der Waals surface area contributed by atoms with E-state index in [1.54, 1.807) is 29.2 Å². The summed E-state index contributed by atoms with van der Waals surface area (Å²) in [6.45, 7) is 1.24. The molecule has 0 spiro atoms. The number of carbonyl (C=O) groups is 1. The molecule has 1 aliphatic heterocycles. The third-order valence-electron chi connectivity index (χ3n) is 4.33. The number of benzene rings is 1. The third kappa shape index (κ3) is 2.61. The fourth-order valence-corrected chi connectivity index (χ4v) is 3.43. The predicted molar refractivity (Wildman–Crippen MR) is 92.5 cm³/mol. The number of H-pyrrole nitrogens is 1. The number of halogens is 2. The van der Waals surface area contributed by atoms with Gasteiger partial charge in [0.25, 0.3) is 5.91 Å². The largest absolute Gasteiger partial charge is 0.368 e. The quantitative estimate of drug-likeness (QED) is 0.725. The molecule has 3 aromatic rings. The average molecular weight is 365 g/mol. The molecule has 0 bridgehead atoms. The molecule has 1 aromatic carbocycles. The van der Waals surface area contributed by atoms with Crippen molar-refractivity contribution >= 4 is 45.9 Å². The van der Waals surface area contributed by atoms with Crippen LogP contribution in [0.1, 0.15) is 28.5 Å². The summed E-state index contributed by atoms with van der Waals surface area (Å²) in [6.07, 6.45) is 0.829. The van der Waals surface area contributed by atoms with Gasteiger partial charge in [0, 0.05) is 36.0 Å². The number of hydrogen-bond donors (Lipinski definition) is 2. The van der Waals surface area contributed by atoms with Crippen molar-refractivity contribution in [2.45, 2.75) is 12.3 Å². The Bertz CT molecular complexity index is 894. The molecule has 4 rings (SSSR count). The lowest BCUT2D eigenvalue weighted by Crippen LogP contribution is -2.28. The smallest absolute Gasteiger partial charge is 0.270 e. The molecular formula is C16H14Cl2N4O2. The minimum absolute atomic E-state index is 0.0580. The van der Waals surface area contributed by atoms with Crippen LogP contribution in [0.25, 0.3) is 10.9 Å². The van der Waals surface area contributed by atoms with Crippen molar-refractivity contribution in [3.05, 3.63) is 45.7 Å².